The van der Waals surface area contributed by atoms with Crippen LogP contribution in [-0.2, 0) is 0 Å². The lowest BCUT2D eigenvalue weighted by molar-refractivity contribution is 0.245. The Hall–Kier alpha value is 0. The smallest absolute Gasteiger partial charge is 0.188 e. The van der Waals surface area contributed by atoms with Gasteiger partial charge in [0.15, 0.2) is 5.96 Å². The zero-order chi connectivity index (χ0) is 12.0. The fraction of sp³-hybridized carbons (Fsp3) is 0.923. The summed E-state index contributed by atoms with van der Waals surface area (Å²) >= 11 is 0. The van der Waals surface area contributed by atoms with Crippen LogP contribution in [0.15, 0.2) is 4.99 Å². The number of halogens is 1. The van der Waals surface area contributed by atoms with E-state index in [4.69, 9.17) is 5.73 Å². The molecule has 0 bridgehead atoms. The third-order valence-corrected chi connectivity index (χ3v) is 3.45. The molecule has 17 heavy (non-hydrogen) atoms. The molecule has 0 aromatic heterocycles. The first-order valence-corrected chi connectivity index (χ1v) is 6.62. The van der Waals surface area contributed by atoms with Crippen molar-refractivity contribution in [1.82, 2.24) is 5.32 Å². The lowest BCUT2D eigenvalue weighted by Crippen LogP contribution is -2.33. The van der Waals surface area contributed by atoms with E-state index in [2.05, 4.69) is 24.2 Å². The topological polar surface area (TPSA) is 50.4 Å². The maximum Gasteiger partial charge on any atom is 0.188 e. The summed E-state index contributed by atoms with van der Waals surface area (Å²) < 4.78 is 0. The molecule has 0 amide bonds. The van der Waals surface area contributed by atoms with Gasteiger partial charge < -0.3 is 11.1 Å². The maximum absolute atomic E-state index is 5.79. The largest absolute Gasteiger partial charge is 0.370 e. The van der Waals surface area contributed by atoms with Gasteiger partial charge in [-0.2, -0.15) is 0 Å². The first-order valence-electron chi connectivity index (χ1n) is 6.62. The molecule has 0 saturated heterocycles. The zero-order valence-corrected chi connectivity index (χ0v) is 13.8. The Labute approximate surface area is 123 Å². The number of nitrogens with two attached hydrogens (primary N) is 1. The molecule has 0 atom stereocenters. The number of nitrogens with zero attached hydrogens (tertiary/aromatic N) is 1. The van der Waals surface area contributed by atoms with Crippen LogP contribution in [-0.4, -0.2) is 19.0 Å². The first-order chi connectivity index (χ1) is 7.58. The van der Waals surface area contributed by atoms with Crippen molar-refractivity contribution in [1.29, 1.82) is 0 Å². The summed E-state index contributed by atoms with van der Waals surface area (Å²) in [4.78, 5) is 4.50. The molecular formula is C13H28IN3. The van der Waals surface area contributed by atoms with E-state index in [1.165, 1.54) is 32.1 Å². The summed E-state index contributed by atoms with van der Waals surface area (Å²) in [6.07, 6.45) is 6.67. The van der Waals surface area contributed by atoms with Gasteiger partial charge in [-0.25, -0.2) is 0 Å². The van der Waals surface area contributed by atoms with Crippen LogP contribution in [0.1, 0.15) is 52.9 Å². The second-order valence-electron chi connectivity index (χ2n) is 5.54. The van der Waals surface area contributed by atoms with Gasteiger partial charge in [-0.15, -0.1) is 24.0 Å². The van der Waals surface area contributed by atoms with Crippen LogP contribution in [0.4, 0.5) is 0 Å². The summed E-state index contributed by atoms with van der Waals surface area (Å²) in [5, 5.41) is 3.07. The highest BCUT2D eigenvalue weighted by Crippen LogP contribution is 2.43. The monoisotopic (exact) mass is 353 g/mol. The van der Waals surface area contributed by atoms with E-state index >= 15 is 0 Å². The minimum atomic E-state index is 0. The average molecular weight is 353 g/mol. The summed E-state index contributed by atoms with van der Waals surface area (Å²) in [5.41, 5.74) is 6.23. The molecule has 1 aliphatic rings. The fourth-order valence-electron chi connectivity index (χ4n) is 2.91. The molecule has 1 saturated carbocycles. The highest BCUT2D eigenvalue weighted by atomic mass is 127. The molecule has 0 spiro atoms. The van der Waals surface area contributed by atoms with Crippen molar-refractivity contribution in [2.75, 3.05) is 13.1 Å². The molecule has 1 aliphatic carbocycles. The molecule has 1 fully saturated rings. The van der Waals surface area contributed by atoms with Crippen LogP contribution in [0, 0.1) is 11.3 Å². The third kappa shape index (κ3) is 5.93. The van der Waals surface area contributed by atoms with E-state index in [9.17, 15) is 0 Å². The van der Waals surface area contributed by atoms with Gasteiger partial charge in [-0.3, -0.25) is 4.99 Å². The third-order valence-electron chi connectivity index (χ3n) is 3.45. The molecule has 4 heteroatoms. The molecule has 0 aliphatic heterocycles. The number of aliphatic imine (C=N–C) groups is 1. The standard InChI is InChI=1S/C13H27N3.HI/c1-4-15-12(14)16-10-13(9-11(2)3)7-5-6-8-13;/h11H,4-10H2,1-3H3,(H3,14,15,16);1H. The molecule has 3 nitrogen and oxygen atoms in total. The number of rotatable bonds is 5. The van der Waals surface area contributed by atoms with E-state index in [1.807, 2.05) is 6.92 Å². The van der Waals surface area contributed by atoms with Gasteiger partial charge in [0.25, 0.3) is 0 Å². The number of hydrogen-bond acceptors (Lipinski definition) is 1. The van der Waals surface area contributed by atoms with Gasteiger partial charge in [-0.05, 0) is 37.5 Å². The minimum absolute atomic E-state index is 0. The van der Waals surface area contributed by atoms with Gasteiger partial charge in [0.2, 0.25) is 0 Å². The summed E-state index contributed by atoms with van der Waals surface area (Å²) in [7, 11) is 0. The second-order valence-corrected chi connectivity index (χ2v) is 5.54. The van der Waals surface area contributed by atoms with Gasteiger partial charge in [0.1, 0.15) is 0 Å². The zero-order valence-electron chi connectivity index (χ0n) is 11.5. The molecule has 0 aromatic rings. The Balaban J connectivity index is 0.00000256. The van der Waals surface area contributed by atoms with Crippen LogP contribution in [0.2, 0.25) is 0 Å². The molecule has 0 radical (unpaired) electrons. The van der Waals surface area contributed by atoms with E-state index in [0.717, 1.165) is 19.0 Å². The summed E-state index contributed by atoms with van der Waals surface area (Å²) in [6.45, 7) is 8.41. The van der Waals surface area contributed by atoms with Crippen LogP contribution < -0.4 is 11.1 Å². The first kappa shape index (κ1) is 17.0. The van der Waals surface area contributed by atoms with Gasteiger partial charge >= 0.3 is 0 Å². The molecule has 0 unspecified atom stereocenters. The van der Waals surface area contributed by atoms with Crippen LogP contribution in [0.3, 0.4) is 0 Å². The minimum Gasteiger partial charge on any atom is -0.370 e. The van der Waals surface area contributed by atoms with Gasteiger partial charge in [0, 0.05) is 13.1 Å². The average Bonchev–Trinajstić information content (AvgIpc) is 2.64. The molecule has 0 heterocycles. The lowest BCUT2D eigenvalue weighted by atomic mass is 9.78. The Morgan fingerprint density at radius 1 is 1.35 bits per heavy atom. The van der Waals surface area contributed by atoms with Crippen LogP contribution >= 0.6 is 24.0 Å². The molecule has 3 N–H and O–H groups in total. The maximum atomic E-state index is 5.79. The van der Waals surface area contributed by atoms with Crippen molar-refractivity contribution in [2.45, 2.75) is 52.9 Å². The van der Waals surface area contributed by atoms with E-state index < -0.39 is 0 Å². The second kappa shape index (κ2) is 8.16. The molecule has 102 valence electrons. The van der Waals surface area contributed by atoms with E-state index in [1.54, 1.807) is 0 Å². The Morgan fingerprint density at radius 2 is 1.94 bits per heavy atom. The normalized spacial score (nSPS) is 19.2. The predicted octanol–water partition coefficient (Wildman–Crippen LogP) is 3.14. The van der Waals surface area contributed by atoms with Crippen molar-refractivity contribution >= 4 is 29.9 Å². The van der Waals surface area contributed by atoms with Gasteiger partial charge in [-0.1, -0.05) is 26.7 Å². The Bertz CT molecular complexity index is 233. The summed E-state index contributed by atoms with van der Waals surface area (Å²) in [6, 6.07) is 0. The quantitative estimate of drug-likeness (QED) is 0.453. The van der Waals surface area contributed by atoms with Crippen molar-refractivity contribution < 1.29 is 0 Å². The Morgan fingerprint density at radius 3 is 2.41 bits per heavy atom. The molecule has 1 rings (SSSR count). The highest BCUT2D eigenvalue weighted by Gasteiger charge is 2.34. The number of guanidine groups is 1. The summed E-state index contributed by atoms with van der Waals surface area (Å²) in [5.74, 6) is 1.37. The van der Waals surface area contributed by atoms with Crippen molar-refractivity contribution in [3.8, 4) is 0 Å². The highest BCUT2D eigenvalue weighted by molar-refractivity contribution is 14.0. The van der Waals surface area contributed by atoms with Crippen molar-refractivity contribution in [3.63, 3.8) is 0 Å². The SMILES string of the molecule is CCNC(N)=NCC1(CC(C)C)CCCC1.I. The fourth-order valence-corrected chi connectivity index (χ4v) is 2.91. The number of hydrogen-bond donors (Lipinski definition) is 2. The Kier molecular flexibility index (Phi) is 8.16. The predicted molar refractivity (Wildman–Crippen MR) is 85.9 cm³/mol. The molecule has 0 aromatic carbocycles. The molecular weight excluding hydrogens is 325 g/mol. The number of nitrogens with one attached hydrogen (secondary N) is 1. The van der Waals surface area contributed by atoms with Crippen LogP contribution in [0.25, 0.3) is 0 Å². The van der Waals surface area contributed by atoms with Crippen molar-refractivity contribution in [3.05, 3.63) is 0 Å². The van der Waals surface area contributed by atoms with Gasteiger partial charge in [0.05, 0.1) is 0 Å². The lowest BCUT2D eigenvalue weighted by Gasteiger charge is -2.29. The van der Waals surface area contributed by atoms with Crippen LogP contribution in [0.5, 0.6) is 0 Å². The van der Waals surface area contributed by atoms with E-state index in [0.29, 0.717) is 11.4 Å². The van der Waals surface area contributed by atoms with E-state index in [-0.39, 0.29) is 24.0 Å². The van der Waals surface area contributed by atoms with Crippen molar-refractivity contribution in [2.24, 2.45) is 22.1 Å².